The lowest BCUT2D eigenvalue weighted by Gasteiger charge is -2.18. The summed E-state index contributed by atoms with van der Waals surface area (Å²) < 4.78 is 5.49. The van der Waals surface area contributed by atoms with Gasteiger partial charge in [0, 0.05) is 32.7 Å². The first kappa shape index (κ1) is 16.2. The van der Waals surface area contributed by atoms with E-state index in [1.54, 1.807) is 0 Å². The third-order valence-corrected chi connectivity index (χ3v) is 4.15. The Morgan fingerprint density at radius 2 is 2.29 bits per heavy atom. The van der Waals surface area contributed by atoms with E-state index in [1.807, 2.05) is 19.0 Å². The predicted octanol–water partition coefficient (Wildman–Crippen LogP) is 0.0818. The van der Waals surface area contributed by atoms with Crippen LogP contribution in [-0.4, -0.2) is 74.6 Å². The van der Waals surface area contributed by atoms with Gasteiger partial charge in [-0.15, -0.1) is 0 Å². The third-order valence-electron chi connectivity index (χ3n) is 4.15. The number of nitrogens with one attached hydrogen (secondary N) is 1. The van der Waals surface area contributed by atoms with Gasteiger partial charge in [0.15, 0.2) is 0 Å². The van der Waals surface area contributed by atoms with Crippen molar-refractivity contribution >= 4 is 11.8 Å². The molecular formula is C15H27N3O3. The lowest BCUT2D eigenvalue weighted by Crippen LogP contribution is -2.37. The topological polar surface area (TPSA) is 61.9 Å². The number of carbonyl (C=O) groups is 2. The molecule has 0 spiro atoms. The van der Waals surface area contributed by atoms with Gasteiger partial charge < -0.3 is 19.9 Å². The van der Waals surface area contributed by atoms with E-state index < -0.39 is 0 Å². The molecule has 2 atom stereocenters. The van der Waals surface area contributed by atoms with Crippen LogP contribution < -0.4 is 5.32 Å². The van der Waals surface area contributed by atoms with Crippen molar-refractivity contribution in [1.29, 1.82) is 0 Å². The lowest BCUT2D eigenvalue weighted by molar-refractivity contribution is -0.129. The molecule has 2 aliphatic heterocycles. The molecule has 2 amide bonds. The van der Waals surface area contributed by atoms with Crippen molar-refractivity contribution < 1.29 is 14.3 Å². The summed E-state index contributed by atoms with van der Waals surface area (Å²) in [5.74, 6) is -0.0989. The Kier molecular flexibility index (Phi) is 5.99. The van der Waals surface area contributed by atoms with Crippen molar-refractivity contribution in [1.82, 2.24) is 15.1 Å². The number of nitrogens with zero attached hydrogens (tertiary/aromatic N) is 2. The minimum Gasteiger partial charge on any atom is -0.376 e. The Hall–Kier alpha value is -1.14. The molecule has 2 rings (SSSR count). The van der Waals surface area contributed by atoms with Crippen LogP contribution >= 0.6 is 0 Å². The van der Waals surface area contributed by atoms with E-state index in [0.29, 0.717) is 19.5 Å². The summed E-state index contributed by atoms with van der Waals surface area (Å²) >= 11 is 0. The molecule has 0 aromatic heterocycles. The van der Waals surface area contributed by atoms with Crippen LogP contribution in [0.4, 0.5) is 0 Å². The Bertz CT molecular complexity index is 367. The molecule has 0 bridgehead atoms. The minimum atomic E-state index is -0.196. The van der Waals surface area contributed by atoms with E-state index in [1.165, 1.54) is 0 Å². The molecular weight excluding hydrogens is 270 g/mol. The molecule has 0 saturated carbocycles. The van der Waals surface area contributed by atoms with Gasteiger partial charge in [-0.25, -0.2) is 0 Å². The van der Waals surface area contributed by atoms with E-state index in [9.17, 15) is 9.59 Å². The highest BCUT2D eigenvalue weighted by molar-refractivity contribution is 5.89. The molecule has 21 heavy (non-hydrogen) atoms. The molecule has 1 N–H and O–H groups in total. The van der Waals surface area contributed by atoms with Crippen molar-refractivity contribution in [3.63, 3.8) is 0 Å². The van der Waals surface area contributed by atoms with Gasteiger partial charge in [-0.2, -0.15) is 0 Å². The summed E-state index contributed by atoms with van der Waals surface area (Å²) in [4.78, 5) is 28.0. The summed E-state index contributed by atoms with van der Waals surface area (Å²) in [7, 11) is 4.04. The number of ether oxygens (including phenoxy) is 1. The zero-order valence-corrected chi connectivity index (χ0v) is 13.1. The Balaban J connectivity index is 1.69. The molecule has 0 aliphatic carbocycles. The molecule has 0 aromatic rings. The zero-order chi connectivity index (χ0) is 15.2. The smallest absolute Gasteiger partial charge is 0.225 e. The molecule has 2 saturated heterocycles. The maximum Gasteiger partial charge on any atom is 0.225 e. The van der Waals surface area contributed by atoms with Gasteiger partial charge in [0.25, 0.3) is 0 Å². The van der Waals surface area contributed by atoms with Crippen LogP contribution in [0.5, 0.6) is 0 Å². The molecule has 2 unspecified atom stereocenters. The SMILES string of the molecule is CN(C)CCCN1CC(C(=O)NCC2CCCO2)CC1=O. The summed E-state index contributed by atoms with van der Waals surface area (Å²) in [6.07, 6.45) is 3.53. The van der Waals surface area contributed by atoms with Crippen LogP contribution in [0.3, 0.4) is 0 Å². The third kappa shape index (κ3) is 4.97. The molecule has 0 aromatic carbocycles. The number of likely N-dealkylation sites (tertiary alicyclic amines) is 1. The summed E-state index contributed by atoms with van der Waals surface area (Å²) in [6, 6.07) is 0. The first-order valence-electron chi connectivity index (χ1n) is 7.88. The number of amides is 2. The zero-order valence-electron chi connectivity index (χ0n) is 13.1. The quantitative estimate of drug-likeness (QED) is 0.723. The fourth-order valence-corrected chi connectivity index (χ4v) is 2.91. The molecule has 6 nitrogen and oxygen atoms in total. The highest BCUT2D eigenvalue weighted by Gasteiger charge is 2.34. The molecule has 2 heterocycles. The van der Waals surface area contributed by atoms with Gasteiger partial charge in [0.2, 0.25) is 11.8 Å². The summed E-state index contributed by atoms with van der Waals surface area (Å²) in [6.45, 7) is 3.63. The normalized spacial score (nSPS) is 25.9. The van der Waals surface area contributed by atoms with Crippen molar-refractivity contribution in [2.45, 2.75) is 31.8 Å². The van der Waals surface area contributed by atoms with Crippen LogP contribution in [0.15, 0.2) is 0 Å². The highest BCUT2D eigenvalue weighted by atomic mass is 16.5. The van der Waals surface area contributed by atoms with E-state index in [4.69, 9.17) is 4.74 Å². The molecule has 2 aliphatic rings. The second-order valence-electron chi connectivity index (χ2n) is 6.28. The van der Waals surface area contributed by atoms with Gasteiger partial charge in [0.05, 0.1) is 12.0 Å². The maximum atomic E-state index is 12.1. The molecule has 120 valence electrons. The molecule has 2 fully saturated rings. The van der Waals surface area contributed by atoms with Crippen LogP contribution in [-0.2, 0) is 14.3 Å². The van der Waals surface area contributed by atoms with E-state index >= 15 is 0 Å². The number of hydrogen-bond donors (Lipinski definition) is 1. The van der Waals surface area contributed by atoms with Crippen LogP contribution in [0.1, 0.15) is 25.7 Å². The second-order valence-corrected chi connectivity index (χ2v) is 6.28. The number of hydrogen-bond acceptors (Lipinski definition) is 4. The van der Waals surface area contributed by atoms with Gasteiger partial charge in [-0.3, -0.25) is 9.59 Å². The standard InChI is InChI=1S/C15H27N3O3/c1-17(2)6-4-7-18-11-12(9-14(18)19)15(20)16-10-13-5-3-8-21-13/h12-13H,3-11H2,1-2H3,(H,16,20). The van der Waals surface area contributed by atoms with Gasteiger partial charge in [-0.1, -0.05) is 0 Å². The highest BCUT2D eigenvalue weighted by Crippen LogP contribution is 2.18. The summed E-state index contributed by atoms with van der Waals surface area (Å²) in [5.41, 5.74) is 0. The first-order chi connectivity index (χ1) is 10.1. The fraction of sp³-hybridized carbons (Fsp3) is 0.867. The second kappa shape index (κ2) is 7.75. The van der Waals surface area contributed by atoms with Crippen LogP contribution in [0.25, 0.3) is 0 Å². The Labute approximate surface area is 126 Å². The van der Waals surface area contributed by atoms with Crippen molar-refractivity contribution in [2.75, 3.05) is 46.9 Å². The van der Waals surface area contributed by atoms with Crippen molar-refractivity contribution in [3.05, 3.63) is 0 Å². The van der Waals surface area contributed by atoms with Crippen LogP contribution in [0, 0.1) is 5.92 Å². The van der Waals surface area contributed by atoms with Crippen molar-refractivity contribution in [2.24, 2.45) is 5.92 Å². The summed E-state index contributed by atoms with van der Waals surface area (Å²) in [5, 5.41) is 2.93. The van der Waals surface area contributed by atoms with Gasteiger partial charge >= 0.3 is 0 Å². The number of carbonyl (C=O) groups excluding carboxylic acids is 2. The average molecular weight is 297 g/mol. The van der Waals surface area contributed by atoms with E-state index in [0.717, 1.165) is 39.0 Å². The largest absolute Gasteiger partial charge is 0.376 e. The number of rotatable bonds is 7. The van der Waals surface area contributed by atoms with Crippen LogP contribution in [0.2, 0.25) is 0 Å². The van der Waals surface area contributed by atoms with E-state index in [-0.39, 0.29) is 23.8 Å². The van der Waals surface area contributed by atoms with E-state index in [2.05, 4.69) is 10.2 Å². The molecule has 6 heteroatoms. The average Bonchev–Trinajstić information content (AvgIpc) is 3.06. The fourth-order valence-electron chi connectivity index (χ4n) is 2.91. The monoisotopic (exact) mass is 297 g/mol. The lowest BCUT2D eigenvalue weighted by atomic mass is 10.1. The molecule has 0 radical (unpaired) electrons. The minimum absolute atomic E-state index is 0.00559. The predicted molar refractivity (Wildman–Crippen MR) is 79.8 cm³/mol. The first-order valence-corrected chi connectivity index (χ1v) is 7.88. The van der Waals surface area contributed by atoms with Crippen molar-refractivity contribution in [3.8, 4) is 0 Å². The Morgan fingerprint density at radius 3 is 2.95 bits per heavy atom. The maximum absolute atomic E-state index is 12.1. The van der Waals surface area contributed by atoms with Gasteiger partial charge in [-0.05, 0) is 39.9 Å². The van der Waals surface area contributed by atoms with Gasteiger partial charge in [0.1, 0.15) is 0 Å². The Morgan fingerprint density at radius 1 is 1.48 bits per heavy atom.